The zero-order valence-electron chi connectivity index (χ0n) is 18.4. The van der Waals surface area contributed by atoms with Gasteiger partial charge in [0.1, 0.15) is 11.5 Å². The number of nitrogens with zero attached hydrogens (tertiary/aromatic N) is 3. The van der Waals surface area contributed by atoms with Gasteiger partial charge in [0.15, 0.2) is 5.96 Å². The molecule has 1 unspecified atom stereocenters. The Kier molecular flexibility index (Phi) is 7.86. The summed E-state index contributed by atoms with van der Waals surface area (Å²) in [6, 6.07) is 6.52. The second kappa shape index (κ2) is 10.6. The minimum atomic E-state index is 0.445. The summed E-state index contributed by atoms with van der Waals surface area (Å²) in [5.41, 5.74) is 1.16. The second-order valence-corrected chi connectivity index (χ2v) is 7.98. The van der Waals surface area contributed by atoms with Crippen molar-refractivity contribution < 1.29 is 9.47 Å². The summed E-state index contributed by atoms with van der Waals surface area (Å²) in [6.45, 7) is 8.81. The zero-order valence-corrected chi connectivity index (χ0v) is 18.4. The van der Waals surface area contributed by atoms with E-state index in [1.807, 2.05) is 13.1 Å². The Bertz CT molecular complexity index is 651. The highest BCUT2D eigenvalue weighted by molar-refractivity contribution is 5.80. The van der Waals surface area contributed by atoms with Gasteiger partial charge < -0.3 is 29.9 Å². The second-order valence-electron chi connectivity index (χ2n) is 7.98. The number of methoxy groups -OCH3 is 2. The number of nitrogens with one attached hydrogen (secondary N) is 2. The quantitative estimate of drug-likeness (QED) is 0.538. The fourth-order valence-electron chi connectivity index (χ4n) is 4.25. The molecule has 0 saturated carbocycles. The van der Waals surface area contributed by atoms with Crippen molar-refractivity contribution in [3.05, 3.63) is 18.2 Å². The van der Waals surface area contributed by atoms with E-state index in [0.29, 0.717) is 6.04 Å². The van der Waals surface area contributed by atoms with Gasteiger partial charge in [-0.3, -0.25) is 4.99 Å². The number of anilines is 1. The monoisotopic (exact) mass is 403 g/mol. The van der Waals surface area contributed by atoms with E-state index in [2.05, 4.69) is 44.5 Å². The Morgan fingerprint density at radius 3 is 2.31 bits per heavy atom. The van der Waals surface area contributed by atoms with Crippen LogP contribution in [0.2, 0.25) is 0 Å². The van der Waals surface area contributed by atoms with E-state index in [1.54, 1.807) is 14.2 Å². The van der Waals surface area contributed by atoms with Crippen molar-refractivity contribution in [1.29, 1.82) is 0 Å². The minimum absolute atomic E-state index is 0.445. The van der Waals surface area contributed by atoms with Crippen LogP contribution in [-0.2, 0) is 0 Å². The van der Waals surface area contributed by atoms with Crippen molar-refractivity contribution >= 4 is 11.6 Å². The predicted octanol–water partition coefficient (Wildman–Crippen LogP) is 2.18. The molecule has 2 fully saturated rings. The van der Waals surface area contributed by atoms with Crippen LogP contribution in [-0.4, -0.2) is 77.4 Å². The van der Waals surface area contributed by atoms with Gasteiger partial charge in [0.25, 0.3) is 0 Å². The van der Waals surface area contributed by atoms with Crippen LogP contribution in [0, 0.1) is 5.92 Å². The number of ether oxygens (including phenoxy) is 2. The molecule has 0 bridgehead atoms. The number of rotatable bonds is 7. The molecule has 2 saturated heterocycles. The van der Waals surface area contributed by atoms with Crippen LogP contribution in [0.3, 0.4) is 0 Å². The van der Waals surface area contributed by atoms with E-state index in [-0.39, 0.29) is 0 Å². The molecule has 7 nitrogen and oxygen atoms in total. The van der Waals surface area contributed by atoms with Crippen LogP contribution in [0.15, 0.2) is 23.2 Å². The summed E-state index contributed by atoms with van der Waals surface area (Å²) >= 11 is 0. The van der Waals surface area contributed by atoms with E-state index >= 15 is 0 Å². The van der Waals surface area contributed by atoms with E-state index in [4.69, 9.17) is 9.47 Å². The van der Waals surface area contributed by atoms with Crippen molar-refractivity contribution in [3.63, 3.8) is 0 Å². The van der Waals surface area contributed by atoms with Crippen molar-refractivity contribution in [2.75, 3.05) is 65.4 Å². The molecule has 1 aromatic rings. The number of benzene rings is 1. The van der Waals surface area contributed by atoms with Crippen molar-refractivity contribution in [1.82, 2.24) is 15.5 Å². The number of likely N-dealkylation sites (tertiary alicyclic amines) is 1. The topological polar surface area (TPSA) is 61.4 Å². The van der Waals surface area contributed by atoms with Crippen LogP contribution in [0.25, 0.3) is 0 Å². The third kappa shape index (κ3) is 5.92. The molecule has 162 valence electrons. The lowest BCUT2D eigenvalue weighted by molar-refractivity contribution is 0.341. The molecule has 29 heavy (non-hydrogen) atoms. The third-order valence-corrected chi connectivity index (χ3v) is 6.14. The van der Waals surface area contributed by atoms with Crippen LogP contribution in [0.4, 0.5) is 5.69 Å². The maximum Gasteiger partial charge on any atom is 0.191 e. The highest BCUT2D eigenvalue weighted by Gasteiger charge is 2.23. The van der Waals surface area contributed by atoms with Gasteiger partial charge in [-0.2, -0.15) is 0 Å². The van der Waals surface area contributed by atoms with E-state index in [0.717, 1.165) is 68.1 Å². The maximum atomic E-state index is 5.41. The number of hydrogen-bond donors (Lipinski definition) is 2. The van der Waals surface area contributed by atoms with E-state index in [9.17, 15) is 0 Å². The van der Waals surface area contributed by atoms with E-state index < -0.39 is 0 Å². The molecule has 2 aliphatic rings. The third-order valence-electron chi connectivity index (χ3n) is 6.14. The summed E-state index contributed by atoms with van der Waals surface area (Å²) in [6.07, 6.45) is 3.43. The normalized spacial score (nSPS) is 21.3. The lowest BCUT2D eigenvalue weighted by atomic mass is 10.0. The molecule has 0 aliphatic carbocycles. The van der Waals surface area contributed by atoms with Crippen LogP contribution < -0.4 is 25.0 Å². The molecule has 2 N–H and O–H groups in total. The molecule has 0 aromatic heterocycles. The van der Waals surface area contributed by atoms with Gasteiger partial charge in [0, 0.05) is 63.2 Å². The summed E-state index contributed by atoms with van der Waals surface area (Å²) in [5.74, 6) is 3.32. The molecule has 7 heteroatoms. The van der Waals surface area contributed by atoms with Crippen molar-refractivity contribution in [3.8, 4) is 11.5 Å². The molecule has 1 aromatic carbocycles. The standard InChI is InChI=1S/C22H37N5O2/c1-5-26-9-6-17(16-26)15-24-22(23-2)25-18-7-10-27(11-8-18)19-12-20(28-3)14-21(13-19)29-4/h12-14,17-18H,5-11,15-16H2,1-4H3,(H2,23,24,25). The van der Waals surface area contributed by atoms with Crippen molar-refractivity contribution in [2.24, 2.45) is 10.9 Å². The molecule has 0 spiro atoms. The largest absolute Gasteiger partial charge is 0.497 e. The Morgan fingerprint density at radius 2 is 1.76 bits per heavy atom. The van der Waals surface area contributed by atoms with Gasteiger partial charge >= 0.3 is 0 Å². The zero-order chi connectivity index (χ0) is 20.6. The minimum Gasteiger partial charge on any atom is -0.497 e. The summed E-state index contributed by atoms with van der Waals surface area (Å²) in [5, 5.41) is 7.16. The predicted molar refractivity (Wildman–Crippen MR) is 119 cm³/mol. The van der Waals surface area contributed by atoms with Crippen LogP contribution in [0.5, 0.6) is 11.5 Å². The molecule has 3 rings (SSSR count). The molecule has 2 aliphatic heterocycles. The fourth-order valence-corrected chi connectivity index (χ4v) is 4.25. The first-order valence-corrected chi connectivity index (χ1v) is 10.8. The molecule has 1 atom stereocenters. The number of hydrogen-bond acceptors (Lipinski definition) is 5. The summed E-state index contributed by atoms with van der Waals surface area (Å²) in [7, 11) is 5.25. The van der Waals surface area contributed by atoms with Crippen LogP contribution in [0.1, 0.15) is 26.2 Å². The van der Waals surface area contributed by atoms with Crippen LogP contribution >= 0.6 is 0 Å². The Balaban J connectivity index is 1.46. The molecular weight excluding hydrogens is 366 g/mol. The number of guanidine groups is 1. The summed E-state index contributed by atoms with van der Waals surface area (Å²) in [4.78, 5) is 9.36. The molecule has 0 radical (unpaired) electrons. The first-order valence-electron chi connectivity index (χ1n) is 10.8. The fraction of sp³-hybridized carbons (Fsp3) is 0.682. The number of piperidine rings is 1. The number of aliphatic imine (C=N–C) groups is 1. The Morgan fingerprint density at radius 1 is 1.07 bits per heavy atom. The lowest BCUT2D eigenvalue weighted by Gasteiger charge is -2.35. The van der Waals surface area contributed by atoms with Gasteiger partial charge in [-0.15, -0.1) is 0 Å². The van der Waals surface area contributed by atoms with Gasteiger partial charge in [-0.05, 0) is 38.3 Å². The average molecular weight is 404 g/mol. The van der Waals surface area contributed by atoms with E-state index in [1.165, 1.54) is 19.5 Å². The molecular formula is C22H37N5O2. The van der Waals surface area contributed by atoms with Gasteiger partial charge in [-0.1, -0.05) is 6.92 Å². The van der Waals surface area contributed by atoms with Gasteiger partial charge in [-0.25, -0.2) is 0 Å². The lowest BCUT2D eigenvalue weighted by Crippen LogP contribution is -2.49. The highest BCUT2D eigenvalue weighted by atomic mass is 16.5. The molecule has 0 amide bonds. The Hall–Kier alpha value is -2.15. The maximum absolute atomic E-state index is 5.41. The first kappa shape index (κ1) is 21.6. The highest BCUT2D eigenvalue weighted by Crippen LogP contribution is 2.30. The first-order chi connectivity index (χ1) is 14.1. The summed E-state index contributed by atoms with van der Waals surface area (Å²) < 4.78 is 10.8. The SMILES string of the molecule is CCN1CCC(CNC(=NC)NC2CCN(c3cc(OC)cc(OC)c3)CC2)C1. The van der Waals surface area contributed by atoms with Gasteiger partial charge in [0.05, 0.1) is 14.2 Å². The average Bonchev–Trinajstić information content (AvgIpc) is 3.24. The Labute approximate surface area is 175 Å². The smallest absolute Gasteiger partial charge is 0.191 e. The van der Waals surface area contributed by atoms with Gasteiger partial charge in [0.2, 0.25) is 0 Å². The molecule has 2 heterocycles. The van der Waals surface area contributed by atoms with Crippen molar-refractivity contribution in [2.45, 2.75) is 32.2 Å².